The molecule has 0 spiro atoms. The molecular formula is C30H42N2O4Si. The first-order valence-corrected chi connectivity index (χ1v) is 15.2. The van der Waals surface area contributed by atoms with Crippen molar-refractivity contribution < 1.29 is 19.1 Å². The van der Waals surface area contributed by atoms with E-state index in [-0.39, 0.29) is 0 Å². The minimum absolute atomic E-state index is 0.419. The molecule has 200 valence electrons. The van der Waals surface area contributed by atoms with Crippen LogP contribution in [-0.4, -0.2) is 41.8 Å². The Morgan fingerprint density at radius 3 is 2.05 bits per heavy atom. The first-order chi connectivity index (χ1) is 17.2. The SMILES string of the molecule is COC(=O)/C(=C/c1cn(C(=O)OC(C)(C)C)c2ccccc12)c1ccn([Si](C(C)C)(C(C)C)C(C)C)c1. The molecule has 3 aromatic rings. The summed E-state index contributed by atoms with van der Waals surface area (Å²) in [4.78, 5) is 26.0. The molecule has 0 amide bonds. The summed E-state index contributed by atoms with van der Waals surface area (Å²) in [6, 6.07) is 9.62. The molecule has 0 fully saturated rings. The molecule has 0 aliphatic heterocycles. The zero-order valence-corrected chi connectivity index (χ0v) is 25.0. The Morgan fingerprint density at radius 1 is 0.919 bits per heavy atom. The summed E-state index contributed by atoms with van der Waals surface area (Å²) in [5, 5.41) is 0.851. The number of carbonyl (C=O) groups is 2. The monoisotopic (exact) mass is 522 g/mol. The van der Waals surface area contributed by atoms with E-state index in [0.717, 1.165) is 22.0 Å². The molecule has 2 aromatic heterocycles. The number of carbonyl (C=O) groups excluding carboxylic acids is 2. The van der Waals surface area contributed by atoms with Crippen molar-refractivity contribution in [3.05, 3.63) is 60.0 Å². The van der Waals surface area contributed by atoms with Crippen molar-refractivity contribution in [3.8, 4) is 0 Å². The number of ether oxygens (including phenoxy) is 2. The van der Waals surface area contributed by atoms with E-state index >= 15 is 0 Å². The van der Waals surface area contributed by atoms with Gasteiger partial charge in [0.15, 0.2) is 8.24 Å². The summed E-state index contributed by atoms with van der Waals surface area (Å²) >= 11 is 0. The molecular weight excluding hydrogens is 480 g/mol. The third-order valence-electron chi connectivity index (χ3n) is 7.26. The van der Waals surface area contributed by atoms with E-state index < -0.39 is 25.9 Å². The van der Waals surface area contributed by atoms with Crippen molar-refractivity contribution in [3.63, 3.8) is 0 Å². The summed E-state index contributed by atoms with van der Waals surface area (Å²) in [5.74, 6) is -0.419. The van der Waals surface area contributed by atoms with Gasteiger partial charge in [0.2, 0.25) is 0 Å². The van der Waals surface area contributed by atoms with E-state index in [1.165, 1.54) is 11.7 Å². The van der Waals surface area contributed by atoms with Gasteiger partial charge < -0.3 is 13.7 Å². The van der Waals surface area contributed by atoms with Gasteiger partial charge in [-0.15, -0.1) is 0 Å². The van der Waals surface area contributed by atoms with Gasteiger partial charge in [-0.25, -0.2) is 9.59 Å². The van der Waals surface area contributed by atoms with Crippen LogP contribution in [0.15, 0.2) is 48.9 Å². The molecule has 3 rings (SSSR count). The Labute approximate surface area is 222 Å². The fraction of sp³-hybridized carbons (Fsp3) is 0.467. The van der Waals surface area contributed by atoms with Gasteiger partial charge in [0.25, 0.3) is 0 Å². The lowest BCUT2D eigenvalue weighted by Crippen LogP contribution is -2.51. The third-order valence-corrected chi connectivity index (χ3v) is 14.0. The van der Waals surface area contributed by atoms with Crippen LogP contribution in [0.25, 0.3) is 22.6 Å². The molecule has 0 unspecified atom stereocenters. The Hall–Kier alpha value is -3.06. The molecule has 0 radical (unpaired) electrons. The summed E-state index contributed by atoms with van der Waals surface area (Å²) in [7, 11) is -0.576. The minimum atomic E-state index is -1.97. The number of methoxy groups -OCH3 is 1. The van der Waals surface area contributed by atoms with Crippen LogP contribution in [-0.2, 0) is 14.3 Å². The summed E-state index contributed by atoms with van der Waals surface area (Å²) < 4.78 is 14.7. The minimum Gasteiger partial charge on any atom is -0.465 e. The fourth-order valence-electron chi connectivity index (χ4n) is 6.00. The zero-order valence-electron chi connectivity index (χ0n) is 24.0. The van der Waals surface area contributed by atoms with Crippen LogP contribution >= 0.6 is 0 Å². The number of para-hydroxylation sites is 1. The summed E-state index contributed by atoms with van der Waals surface area (Å²) in [5.41, 5.74) is 3.65. The van der Waals surface area contributed by atoms with Gasteiger partial charge in [0, 0.05) is 28.9 Å². The third kappa shape index (κ3) is 5.47. The summed E-state index contributed by atoms with van der Waals surface area (Å²) in [6.45, 7) is 19.4. The lowest BCUT2D eigenvalue weighted by Gasteiger charge is -2.44. The number of benzene rings is 1. The number of esters is 1. The van der Waals surface area contributed by atoms with Crippen LogP contribution in [0.2, 0.25) is 16.6 Å². The van der Waals surface area contributed by atoms with Crippen LogP contribution < -0.4 is 0 Å². The Balaban J connectivity index is 2.19. The zero-order chi connectivity index (χ0) is 27.7. The highest BCUT2D eigenvalue weighted by atomic mass is 28.3. The standard InChI is InChI=1S/C30H42N2O4Si/c1-20(2)37(21(3)4,22(5)6)31-16-15-23(18-31)26(28(33)35-10)17-24-19-32(29(34)36-30(7,8)9)27-14-12-11-13-25(24)27/h11-22H,1-10H3/b26-17+. The van der Waals surface area contributed by atoms with E-state index in [9.17, 15) is 9.59 Å². The molecule has 2 heterocycles. The van der Waals surface area contributed by atoms with Crippen LogP contribution in [0, 0.1) is 0 Å². The van der Waals surface area contributed by atoms with Crippen molar-refractivity contribution >= 4 is 42.9 Å². The van der Waals surface area contributed by atoms with Gasteiger partial charge >= 0.3 is 12.1 Å². The molecule has 0 bridgehead atoms. The quantitative estimate of drug-likeness (QED) is 0.179. The number of nitrogens with zero attached hydrogens (tertiary/aromatic N) is 2. The van der Waals surface area contributed by atoms with Gasteiger partial charge in [-0.1, -0.05) is 59.7 Å². The van der Waals surface area contributed by atoms with E-state index in [1.807, 2.05) is 57.2 Å². The van der Waals surface area contributed by atoms with Crippen molar-refractivity contribution in [2.45, 2.75) is 84.5 Å². The predicted molar refractivity (Wildman–Crippen MR) is 154 cm³/mol. The van der Waals surface area contributed by atoms with E-state index in [4.69, 9.17) is 9.47 Å². The molecule has 0 atom stereocenters. The number of aromatic nitrogens is 2. The van der Waals surface area contributed by atoms with Crippen LogP contribution in [0.4, 0.5) is 4.79 Å². The first kappa shape index (κ1) is 28.5. The second-order valence-electron chi connectivity index (χ2n) is 11.7. The average molecular weight is 523 g/mol. The van der Waals surface area contributed by atoms with E-state index in [1.54, 1.807) is 6.20 Å². The molecule has 0 N–H and O–H groups in total. The van der Waals surface area contributed by atoms with Gasteiger partial charge in [0.1, 0.15) is 5.60 Å². The molecule has 0 saturated carbocycles. The van der Waals surface area contributed by atoms with Gasteiger partial charge in [0.05, 0.1) is 18.2 Å². The predicted octanol–water partition coefficient (Wildman–Crippen LogP) is 7.96. The maximum absolute atomic E-state index is 13.1. The topological polar surface area (TPSA) is 62.5 Å². The smallest absolute Gasteiger partial charge is 0.419 e. The Kier molecular flexibility index (Phi) is 8.27. The van der Waals surface area contributed by atoms with E-state index in [0.29, 0.717) is 22.2 Å². The van der Waals surface area contributed by atoms with Crippen molar-refractivity contribution in [2.24, 2.45) is 0 Å². The lowest BCUT2D eigenvalue weighted by molar-refractivity contribution is -0.133. The van der Waals surface area contributed by atoms with Crippen LogP contribution in [0.3, 0.4) is 0 Å². The molecule has 0 aliphatic carbocycles. The molecule has 0 aliphatic rings. The molecule has 6 nitrogen and oxygen atoms in total. The Morgan fingerprint density at radius 2 is 1.51 bits per heavy atom. The highest BCUT2D eigenvalue weighted by molar-refractivity contribution is 6.82. The second kappa shape index (κ2) is 10.7. The number of fused-ring (bicyclic) bond motifs is 1. The maximum Gasteiger partial charge on any atom is 0.419 e. The van der Waals surface area contributed by atoms with Gasteiger partial charge in [-0.2, -0.15) is 0 Å². The highest BCUT2D eigenvalue weighted by Crippen LogP contribution is 2.43. The normalized spacial score (nSPS) is 13.2. The first-order valence-electron chi connectivity index (χ1n) is 13.1. The fourth-order valence-corrected chi connectivity index (χ4v) is 12.5. The number of rotatable bonds is 7. The molecule has 1 aromatic carbocycles. The van der Waals surface area contributed by atoms with E-state index in [2.05, 4.69) is 58.2 Å². The van der Waals surface area contributed by atoms with Crippen molar-refractivity contribution in [2.75, 3.05) is 7.11 Å². The lowest BCUT2D eigenvalue weighted by atomic mass is 10.1. The van der Waals surface area contributed by atoms with Crippen molar-refractivity contribution in [1.82, 2.24) is 8.80 Å². The summed E-state index contributed by atoms with van der Waals surface area (Å²) in [6.07, 6.45) is 7.33. The molecule has 0 saturated heterocycles. The Bertz CT molecular complexity index is 1280. The molecule has 37 heavy (non-hydrogen) atoms. The molecule has 7 heteroatoms. The number of hydrogen-bond acceptors (Lipinski definition) is 4. The maximum atomic E-state index is 13.1. The second-order valence-corrected chi connectivity index (χ2v) is 17.4. The van der Waals surface area contributed by atoms with Crippen LogP contribution in [0.1, 0.15) is 73.4 Å². The van der Waals surface area contributed by atoms with Crippen LogP contribution in [0.5, 0.6) is 0 Å². The van der Waals surface area contributed by atoms with Gasteiger partial charge in [-0.3, -0.25) is 4.57 Å². The van der Waals surface area contributed by atoms with Crippen molar-refractivity contribution in [1.29, 1.82) is 0 Å². The highest BCUT2D eigenvalue weighted by Gasteiger charge is 2.45. The average Bonchev–Trinajstić information content (AvgIpc) is 3.41. The largest absolute Gasteiger partial charge is 0.465 e. The number of hydrogen-bond donors (Lipinski definition) is 0. The van der Waals surface area contributed by atoms with Gasteiger partial charge in [-0.05, 0) is 61.8 Å².